The molecular formula is C11H17N3O2. The fourth-order valence-corrected chi connectivity index (χ4v) is 1.26. The van der Waals surface area contributed by atoms with Gasteiger partial charge in [-0.3, -0.25) is 0 Å². The van der Waals surface area contributed by atoms with Crippen molar-refractivity contribution in [1.29, 1.82) is 0 Å². The Hall–Kier alpha value is -1.62. The van der Waals surface area contributed by atoms with E-state index in [1.807, 2.05) is 27.9 Å². The first kappa shape index (κ1) is 12.4. The molecule has 5 nitrogen and oxygen atoms in total. The Balaban J connectivity index is 3.13. The van der Waals surface area contributed by atoms with Crippen molar-refractivity contribution < 1.29 is 9.90 Å². The molecule has 0 radical (unpaired) electrons. The number of aromatic carboxylic acids is 1. The molecule has 0 saturated heterocycles. The standard InChI is InChI=1S/C11H17N3O2/c1-7(2)9-5-8(11(15)16)6-10(12-9)13-14(3)4/h5-7H,1-4H3,(H,12,13)(H,15,16). The molecule has 0 amide bonds. The average molecular weight is 223 g/mol. The van der Waals surface area contributed by atoms with E-state index in [4.69, 9.17) is 5.11 Å². The second-order valence-corrected chi connectivity index (χ2v) is 4.13. The maximum atomic E-state index is 10.9. The van der Waals surface area contributed by atoms with Gasteiger partial charge in [-0.2, -0.15) is 0 Å². The lowest BCUT2D eigenvalue weighted by molar-refractivity contribution is 0.0696. The predicted octanol–water partition coefficient (Wildman–Crippen LogP) is 1.79. The lowest BCUT2D eigenvalue weighted by Crippen LogP contribution is -2.21. The van der Waals surface area contributed by atoms with Gasteiger partial charge >= 0.3 is 5.97 Å². The summed E-state index contributed by atoms with van der Waals surface area (Å²) >= 11 is 0. The van der Waals surface area contributed by atoms with E-state index in [2.05, 4.69) is 10.4 Å². The number of nitrogens with zero attached hydrogens (tertiary/aromatic N) is 2. The van der Waals surface area contributed by atoms with Crippen LogP contribution in [0.25, 0.3) is 0 Å². The Bertz CT molecular complexity index is 389. The molecule has 0 unspecified atom stereocenters. The van der Waals surface area contributed by atoms with Crippen molar-refractivity contribution in [3.05, 3.63) is 23.4 Å². The third-order valence-corrected chi connectivity index (χ3v) is 2.02. The van der Waals surface area contributed by atoms with Crippen molar-refractivity contribution in [2.24, 2.45) is 0 Å². The summed E-state index contributed by atoms with van der Waals surface area (Å²) in [7, 11) is 3.65. The molecule has 0 aliphatic heterocycles. The Morgan fingerprint density at radius 2 is 2.06 bits per heavy atom. The van der Waals surface area contributed by atoms with Crippen molar-refractivity contribution in [3.63, 3.8) is 0 Å². The average Bonchev–Trinajstić information content (AvgIpc) is 2.15. The van der Waals surface area contributed by atoms with Crippen molar-refractivity contribution in [1.82, 2.24) is 9.99 Å². The summed E-state index contributed by atoms with van der Waals surface area (Å²) in [4.78, 5) is 15.3. The van der Waals surface area contributed by atoms with Gasteiger partial charge in [0, 0.05) is 19.8 Å². The Morgan fingerprint density at radius 3 is 2.50 bits per heavy atom. The first-order chi connectivity index (χ1) is 7.40. The lowest BCUT2D eigenvalue weighted by Gasteiger charge is -2.15. The maximum Gasteiger partial charge on any atom is 0.335 e. The van der Waals surface area contributed by atoms with E-state index in [1.54, 1.807) is 11.1 Å². The van der Waals surface area contributed by atoms with Crippen LogP contribution in [0, 0.1) is 0 Å². The van der Waals surface area contributed by atoms with Crippen molar-refractivity contribution >= 4 is 11.8 Å². The highest BCUT2D eigenvalue weighted by Gasteiger charge is 2.10. The number of carboxylic acid groups (broad SMARTS) is 1. The summed E-state index contributed by atoms with van der Waals surface area (Å²) in [5.41, 5.74) is 3.97. The summed E-state index contributed by atoms with van der Waals surface area (Å²) in [6.07, 6.45) is 0. The first-order valence-electron chi connectivity index (χ1n) is 5.09. The minimum Gasteiger partial charge on any atom is -0.478 e. The molecular weight excluding hydrogens is 206 g/mol. The largest absolute Gasteiger partial charge is 0.478 e. The van der Waals surface area contributed by atoms with Crippen LogP contribution in [0.15, 0.2) is 12.1 Å². The molecule has 1 rings (SSSR count). The molecule has 0 bridgehead atoms. The van der Waals surface area contributed by atoms with Crippen LogP contribution in [-0.4, -0.2) is 35.2 Å². The minimum absolute atomic E-state index is 0.196. The van der Waals surface area contributed by atoms with Gasteiger partial charge in [0.2, 0.25) is 0 Å². The van der Waals surface area contributed by atoms with Crippen LogP contribution < -0.4 is 5.43 Å². The van der Waals surface area contributed by atoms with Gasteiger partial charge in [-0.1, -0.05) is 13.8 Å². The molecule has 0 atom stereocenters. The van der Waals surface area contributed by atoms with Crippen LogP contribution in [0.3, 0.4) is 0 Å². The maximum absolute atomic E-state index is 10.9. The van der Waals surface area contributed by atoms with E-state index in [0.29, 0.717) is 5.82 Å². The minimum atomic E-state index is -0.939. The summed E-state index contributed by atoms with van der Waals surface area (Å²) in [5, 5.41) is 10.7. The highest BCUT2D eigenvalue weighted by Crippen LogP contribution is 2.17. The summed E-state index contributed by atoms with van der Waals surface area (Å²) in [5.74, 6) is -0.193. The van der Waals surface area contributed by atoms with Gasteiger partial charge in [0.05, 0.1) is 5.56 Å². The van der Waals surface area contributed by atoms with Crippen molar-refractivity contribution in [2.45, 2.75) is 19.8 Å². The number of carbonyl (C=O) groups is 1. The van der Waals surface area contributed by atoms with E-state index in [-0.39, 0.29) is 11.5 Å². The normalized spacial score (nSPS) is 10.9. The third-order valence-electron chi connectivity index (χ3n) is 2.02. The second-order valence-electron chi connectivity index (χ2n) is 4.13. The van der Waals surface area contributed by atoms with Crippen molar-refractivity contribution in [3.8, 4) is 0 Å². The molecule has 1 aromatic heterocycles. The van der Waals surface area contributed by atoms with E-state index in [1.165, 1.54) is 6.07 Å². The van der Waals surface area contributed by atoms with Crippen LogP contribution in [0.5, 0.6) is 0 Å². The number of anilines is 1. The smallest absolute Gasteiger partial charge is 0.335 e. The number of pyridine rings is 1. The molecule has 0 saturated carbocycles. The van der Waals surface area contributed by atoms with E-state index < -0.39 is 5.97 Å². The predicted molar refractivity (Wildman–Crippen MR) is 62.6 cm³/mol. The van der Waals surface area contributed by atoms with Gasteiger partial charge in [-0.25, -0.2) is 14.8 Å². The highest BCUT2D eigenvalue weighted by atomic mass is 16.4. The molecule has 0 spiro atoms. The summed E-state index contributed by atoms with van der Waals surface area (Å²) < 4.78 is 0. The monoisotopic (exact) mass is 223 g/mol. The molecule has 0 fully saturated rings. The molecule has 88 valence electrons. The van der Waals surface area contributed by atoms with Gasteiger partial charge in [0.15, 0.2) is 0 Å². The zero-order valence-electron chi connectivity index (χ0n) is 9.98. The molecule has 1 heterocycles. The zero-order valence-corrected chi connectivity index (χ0v) is 9.98. The van der Waals surface area contributed by atoms with E-state index in [9.17, 15) is 4.79 Å². The van der Waals surface area contributed by atoms with Gasteiger partial charge in [0.1, 0.15) is 5.82 Å². The van der Waals surface area contributed by atoms with Gasteiger partial charge in [-0.05, 0) is 18.1 Å². The number of carboxylic acids is 1. The lowest BCUT2D eigenvalue weighted by atomic mass is 10.1. The van der Waals surface area contributed by atoms with Gasteiger partial charge in [0.25, 0.3) is 0 Å². The van der Waals surface area contributed by atoms with E-state index >= 15 is 0 Å². The van der Waals surface area contributed by atoms with Crippen LogP contribution in [0.4, 0.5) is 5.82 Å². The summed E-state index contributed by atoms with van der Waals surface area (Å²) in [6.45, 7) is 3.96. The van der Waals surface area contributed by atoms with Gasteiger partial charge in [-0.15, -0.1) is 0 Å². The third kappa shape index (κ3) is 3.20. The van der Waals surface area contributed by atoms with Crippen molar-refractivity contribution in [2.75, 3.05) is 19.5 Å². The number of aromatic nitrogens is 1. The fraction of sp³-hybridized carbons (Fsp3) is 0.455. The number of hydrazine groups is 1. The van der Waals surface area contributed by atoms with Gasteiger partial charge < -0.3 is 10.5 Å². The fourth-order valence-electron chi connectivity index (χ4n) is 1.26. The second kappa shape index (κ2) is 4.94. The number of hydrogen-bond donors (Lipinski definition) is 2. The Kier molecular flexibility index (Phi) is 3.84. The molecule has 16 heavy (non-hydrogen) atoms. The zero-order chi connectivity index (χ0) is 12.3. The Morgan fingerprint density at radius 1 is 1.44 bits per heavy atom. The number of rotatable bonds is 4. The SMILES string of the molecule is CC(C)c1cc(C(=O)O)cc(NN(C)C)n1. The topological polar surface area (TPSA) is 65.5 Å². The van der Waals surface area contributed by atoms with Crippen LogP contribution >= 0.6 is 0 Å². The van der Waals surface area contributed by atoms with Crippen LogP contribution in [0.1, 0.15) is 35.8 Å². The highest BCUT2D eigenvalue weighted by molar-refractivity contribution is 5.88. The molecule has 0 aromatic carbocycles. The van der Waals surface area contributed by atoms with Crippen LogP contribution in [-0.2, 0) is 0 Å². The summed E-state index contributed by atoms with van der Waals surface area (Å²) in [6, 6.07) is 3.13. The molecule has 2 N–H and O–H groups in total. The Labute approximate surface area is 95.1 Å². The number of nitrogens with one attached hydrogen (secondary N) is 1. The molecule has 0 aliphatic rings. The van der Waals surface area contributed by atoms with Crippen LogP contribution in [0.2, 0.25) is 0 Å². The molecule has 0 aliphatic carbocycles. The quantitative estimate of drug-likeness (QED) is 0.762. The molecule has 5 heteroatoms. The molecule has 1 aromatic rings. The first-order valence-corrected chi connectivity index (χ1v) is 5.09. The van der Waals surface area contributed by atoms with E-state index in [0.717, 1.165) is 5.69 Å². The number of hydrogen-bond acceptors (Lipinski definition) is 4.